The van der Waals surface area contributed by atoms with Crippen LogP contribution in [-0.2, 0) is 46.3 Å². The van der Waals surface area contributed by atoms with E-state index >= 15 is 0 Å². The van der Waals surface area contributed by atoms with E-state index in [-0.39, 0.29) is 57.8 Å². The fourth-order valence-corrected chi connectivity index (χ4v) is 1.54. The Morgan fingerprint density at radius 3 is 2.20 bits per heavy atom. The molecule has 2 aromatic rings. The van der Waals surface area contributed by atoms with Gasteiger partial charge in [0, 0.05) is 40.8 Å². The van der Waals surface area contributed by atoms with Crippen LogP contribution in [0.25, 0.3) is 5.32 Å². The van der Waals surface area contributed by atoms with E-state index in [0.29, 0.717) is 5.56 Å². The largest absolute Gasteiger partial charge is 0.530 e. The Bertz CT molecular complexity index is 591. The van der Waals surface area contributed by atoms with Gasteiger partial charge in [0.2, 0.25) is 0 Å². The van der Waals surface area contributed by atoms with Crippen LogP contribution in [0.2, 0.25) is 0 Å². The molecular formula is C14H15N3ORe2-2. The number of aromatic nitrogens is 2. The number of para-hydroxylation sites is 1. The summed E-state index contributed by atoms with van der Waals surface area (Å²) in [4.78, 5) is 19.9. The summed E-state index contributed by atoms with van der Waals surface area (Å²) >= 11 is 0. The molecule has 1 aromatic carbocycles. The third kappa shape index (κ3) is 4.96. The van der Waals surface area contributed by atoms with Crippen LogP contribution < -0.4 is 10.5 Å². The second-order valence-corrected chi connectivity index (χ2v) is 5.09. The summed E-state index contributed by atoms with van der Waals surface area (Å²) in [6.45, 7) is 5.88. The maximum atomic E-state index is 11.9. The molecule has 6 heteroatoms. The van der Waals surface area contributed by atoms with Crippen molar-refractivity contribution >= 4 is 11.6 Å². The van der Waals surface area contributed by atoms with Crippen LogP contribution in [0.4, 0.5) is 11.6 Å². The molecule has 20 heavy (non-hydrogen) atoms. The summed E-state index contributed by atoms with van der Waals surface area (Å²) < 4.78 is 0. The molecule has 0 unspecified atom stereocenters. The van der Waals surface area contributed by atoms with Crippen molar-refractivity contribution in [3.05, 3.63) is 57.8 Å². The van der Waals surface area contributed by atoms with Gasteiger partial charge in [0.1, 0.15) is 5.56 Å². The van der Waals surface area contributed by atoms with E-state index in [4.69, 9.17) is 0 Å². The van der Waals surface area contributed by atoms with Crippen molar-refractivity contribution in [1.82, 2.24) is 9.97 Å². The summed E-state index contributed by atoms with van der Waals surface area (Å²) in [5.41, 5.74) is 0.838. The van der Waals surface area contributed by atoms with Crippen LogP contribution in [0.1, 0.15) is 26.3 Å². The monoisotopic (exact) mass is 615 g/mol. The number of nitrogens with zero attached hydrogens (tertiary/aromatic N) is 3. The van der Waals surface area contributed by atoms with Gasteiger partial charge in [-0.2, -0.15) is 5.95 Å². The maximum Gasteiger partial charge on any atom is 0.141 e. The molecule has 1 heterocycles. The Morgan fingerprint density at radius 2 is 1.70 bits per heavy atom. The van der Waals surface area contributed by atoms with E-state index in [1.807, 2.05) is 51.1 Å². The molecule has 1 aromatic heterocycles. The van der Waals surface area contributed by atoms with Crippen molar-refractivity contribution in [2.45, 2.75) is 26.2 Å². The number of rotatable bonds is 2. The topological polar surface area (TPSA) is 58.2 Å². The van der Waals surface area contributed by atoms with E-state index in [2.05, 4.69) is 15.3 Å². The van der Waals surface area contributed by atoms with Crippen molar-refractivity contribution in [1.29, 1.82) is 0 Å². The van der Waals surface area contributed by atoms with Crippen molar-refractivity contribution in [2.24, 2.45) is 0 Å². The third-order valence-electron chi connectivity index (χ3n) is 2.53. The van der Waals surface area contributed by atoms with Crippen LogP contribution in [0.3, 0.4) is 0 Å². The first-order chi connectivity index (χ1) is 8.47. The van der Waals surface area contributed by atoms with Crippen LogP contribution in [0.5, 0.6) is 0 Å². The standard InChI is InChI=1S/C14H16N3O.2Re/c1-14(2,3)11-9-15-13(17-12(11)18)16-10-7-5-4-6-8-10;;/h4-9H,1-3H3,(H-,15,16,17,18);;/q-1;;/p-1. The van der Waals surface area contributed by atoms with Gasteiger partial charge in [-0.3, -0.25) is 0 Å². The van der Waals surface area contributed by atoms with Crippen molar-refractivity contribution in [3.63, 3.8) is 0 Å². The molecule has 0 aliphatic heterocycles. The zero-order chi connectivity index (χ0) is 13.2. The predicted octanol–water partition coefficient (Wildman–Crippen LogP) is 3.03. The summed E-state index contributed by atoms with van der Waals surface area (Å²) in [5.74, 6) is 0.208. The normalized spacial score (nSPS) is 10.2. The Morgan fingerprint density at radius 1 is 1.10 bits per heavy atom. The fraction of sp³-hybridized carbons (Fsp3) is 0.286. The van der Waals surface area contributed by atoms with Crippen LogP contribution >= 0.6 is 0 Å². The minimum atomic E-state index is -0.257. The number of hydrogen-bond acceptors (Lipinski definition) is 2. The smallest absolute Gasteiger partial charge is 0.141 e. The van der Waals surface area contributed by atoms with Crippen molar-refractivity contribution in [3.8, 4) is 0 Å². The molecule has 2 rings (SSSR count). The molecule has 0 saturated heterocycles. The summed E-state index contributed by atoms with van der Waals surface area (Å²) in [6.07, 6.45) is 1.57. The minimum Gasteiger partial charge on any atom is -0.530 e. The Balaban J connectivity index is 0.00000180. The molecule has 0 atom stereocenters. The summed E-state index contributed by atoms with van der Waals surface area (Å²) in [5, 5.41) is 4.20. The minimum absolute atomic E-state index is 0. The number of hydrogen-bond donors (Lipinski definition) is 0. The van der Waals surface area contributed by atoms with Gasteiger partial charge in [-0.25, -0.2) is 0 Å². The summed E-state index contributed by atoms with van der Waals surface area (Å²) in [7, 11) is 0. The van der Waals surface area contributed by atoms with E-state index in [9.17, 15) is 4.79 Å². The third-order valence-corrected chi connectivity index (χ3v) is 2.53. The molecule has 0 saturated carbocycles. The van der Waals surface area contributed by atoms with E-state index in [1.54, 1.807) is 6.20 Å². The second kappa shape index (κ2) is 7.86. The van der Waals surface area contributed by atoms with Gasteiger partial charge in [-0.05, 0) is 11.0 Å². The molecule has 2 radical (unpaired) electrons. The zero-order valence-corrected chi connectivity index (χ0v) is 16.9. The maximum absolute atomic E-state index is 11.9. The molecule has 0 aliphatic rings. The molecule has 0 spiro atoms. The summed E-state index contributed by atoms with van der Waals surface area (Å²) in [6, 6.07) is 9.33. The van der Waals surface area contributed by atoms with Crippen LogP contribution in [0, 0.1) is 0 Å². The Hall–Kier alpha value is -0.775. The molecule has 0 amide bonds. The van der Waals surface area contributed by atoms with E-state index in [0.717, 1.165) is 5.69 Å². The van der Waals surface area contributed by atoms with Crippen LogP contribution in [-0.4, -0.2) is 4.98 Å². The first-order valence-electron chi connectivity index (χ1n) is 5.78. The van der Waals surface area contributed by atoms with Gasteiger partial charge < -0.3 is 20.1 Å². The average molecular weight is 614 g/mol. The molecule has 108 valence electrons. The SMILES string of the molecule is CC(C)(C)c1cnc([N-]c2ccccc2)[n-]c1=O.[Re].[Re]. The van der Waals surface area contributed by atoms with Gasteiger partial charge >= 0.3 is 0 Å². The molecule has 0 N–H and O–H groups in total. The quantitative estimate of drug-likeness (QED) is 0.524. The van der Waals surface area contributed by atoms with Crippen LogP contribution in [0.15, 0.2) is 41.3 Å². The first-order valence-corrected chi connectivity index (χ1v) is 5.78. The molecule has 0 aliphatic carbocycles. The molecular weight excluding hydrogens is 599 g/mol. The van der Waals surface area contributed by atoms with Crippen molar-refractivity contribution < 1.29 is 40.8 Å². The Labute approximate surface area is 146 Å². The molecule has 4 nitrogen and oxygen atoms in total. The number of benzene rings is 1. The first kappa shape index (κ1) is 19.2. The molecule has 0 fully saturated rings. The van der Waals surface area contributed by atoms with E-state index in [1.165, 1.54) is 0 Å². The second-order valence-electron chi connectivity index (χ2n) is 5.09. The van der Waals surface area contributed by atoms with Gasteiger partial charge in [0.25, 0.3) is 0 Å². The zero-order valence-electron chi connectivity index (χ0n) is 11.5. The van der Waals surface area contributed by atoms with Gasteiger partial charge in [-0.1, -0.05) is 56.8 Å². The van der Waals surface area contributed by atoms with Gasteiger partial charge in [-0.15, -0.1) is 6.20 Å². The fourth-order valence-electron chi connectivity index (χ4n) is 1.54. The average Bonchev–Trinajstić information content (AvgIpc) is 2.28. The Kier molecular flexibility index (Phi) is 7.56. The van der Waals surface area contributed by atoms with Crippen molar-refractivity contribution in [2.75, 3.05) is 0 Å². The predicted molar refractivity (Wildman–Crippen MR) is 71.6 cm³/mol. The van der Waals surface area contributed by atoms with E-state index < -0.39 is 0 Å². The van der Waals surface area contributed by atoms with Gasteiger partial charge in [0.05, 0.1) is 0 Å². The molecule has 0 bridgehead atoms. The van der Waals surface area contributed by atoms with Gasteiger partial charge in [0.15, 0.2) is 0 Å².